The van der Waals surface area contributed by atoms with Crippen molar-refractivity contribution in [1.82, 2.24) is 20.0 Å². The van der Waals surface area contributed by atoms with E-state index in [1.165, 1.54) is 0 Å². The molecule has 0 saturated carbocycles. The van der Waals surface area contributed by atoms with E-state index in [0.29, 0.717) is 32.7 Å². The molecule has 1 fully saturated rings. The third kappa shape index (κ3) is 4.48. The van der Waals surface area contributed by atoms with Crippen LogP contribution in [0, 0.1) is 0 Å². The Morgan fingerprint density at radius 3 is 2.88 bits per heavy atom. The minimum Gasteiger partial charge on any atom is -0.391 e. The molecule has 180 valence electrons. The number of aliphatic hydroxyl groups is 1. The van der Waals surface area contributed by atoms with Gasteiger partial charge in [-0.3, -0.25) is 9.48 Å². The summed E-state index contributed by atoms with van der Waals surface area (Å²) in [6, 6.07) is 6.63. The Hall–Kier alpha value is -3.10. The van der Waals surface area contributed by atoms with E-state index >= 15 is 0 Å². The molecule has 2 atom stereocenters. The molecule has 4 heterocycles. The molecule has 34 heavy (non-hydrogen) atoms. The molecule has 1 aromatic heterocycles. The summed E-state index contributed by atoms with van der Waals surface area (Å²) in [7, 11) is 1.91. The highest BCUT2D eigenvalue weighted by molar-refractivity contribution is 5.75. The van der Waals surface area contributed by atoms with Crippen molar-refractivity contribution < 1.29 is 14.6 Å². The molecular formula is C26H33N5O3. The lowest BCUT2D eigenvalue weighted by atomic mass is 9.93. The predicted octanol–water partition coefficient (Wildman–Crippen LogP) is 2.21. The van der Waals surface area contributed by atoms with Gasteiger partial charge >= 0.3 is 0 Å². The zero-order valence-corrected chi connectivity index (χ0v) is 20.0. The number of aliphatic hydroxyl groups excluding tert-OH is 1. The maximum Gasteiger partial charge on any atom is 0.219 e. The van der Waals surface area contributed by atoms with E-state index in [1.807, 2.05) is 24.3 Å². The average molecular weight is 464 g/mol. The second-order valence-corrected chi connectivity index (χ2v) is 9.51. The van der Waals surface area contributed by atoms with Gasteiger partial charge in [0.05, 0.1) is 24.9 Å². The van der Waals surface area contributed by atoms with Crippen molar-refractivity contribution in [3.05, 3.63) is 59.7 Å². The van der Waals surface area contributed by atoms with E-state index in [2.05, 4.69) is 40.1 Å². The predicted molar refractivity (Wildman–Crippen MR) is 131 cm³/mol. The first-order chi connectivity index (χ1) is 16.4. The summed E-state index contributed by atoms with van der Waals surface area (Å²) in [5.74, 6) is 0.0636. The molecule has 1 saturated heterocycles. The number of hydrogen-bond acceptors (Lipinski definition) is 6. The zero-order chi connectivity index (χ0) is 23.8. The summed E-state index contributed by atoms with van der Waals surface area (Å²) in [6.45, 7) is 9.23. The number of carbonyl (C=O) groups excluding carboxylic acids is 1. The van der Waals surface area contributed by atoms with Gasteiger partial charge in [-0.2, -0.15) is 5.10 Å². The summed E-state index contributed by atoms with van der Waals surface area (Å²) < 4.78 is 7.35. The van der Waals surface area contributed by atoms with Gasteiger partial charge in [0.15, 0.2) is 0 Å². The van der Waals surface area contributed by atoms with Gasteiger partial charge in [-0.15, -0.1) is 0 Å². The van der Waals surface area contributed by atoms with Crippen LogP contribution in [0.4, 0.5) is 5.69 Å². The van der Waals surface area contributed by atoms with E-state index in [9.17, 15) is 9.90 Å². The summed E-state index contributed by atoms with van der Waals surface area (Å²) in [4.78, 5) is 16.2. The summed E-state index contributed by atoms with van der Waals surface area (Å²) in [6.07, 6.45) is 5.67. The van der Waals surface area contributed by atoms with Crippen LogP contribution in [-0.2, 0) is 23.0 Å². The van der Waals surface area contributed by atoms with Gasteiger partial charge in [0.2, 0.25) is 5.91 Å². The number of fused-ring (bicyclic) bond motifs is 1. The maximum atomic E-state index is 12.2. The summed E-state index contributed by atoms with van der Waals surface area (Å²) in [5.41, 5.74) is 7.26. The van der Waals surface area contributed by atoms with Gasteiger partial charge in [0.1, 0.15) is 0 Å². The van der Waals surface area contributed by atoms with Crippen LogP contribution in [0.25, 0.3) is 11.1 Å². The van der Waals surface area contributed by atoms with Crippen LogP contribution in [0.15, 0.2) is 54.1 Å². The molecule has 5 rings (SSSR count). The highest BCUT2D eigenvalue weighted by Crippen LogP contribution is 2.36. The van der Waals surface area contributed by atoms with E-state index in [-0.39, 0.29) is 11.9 Å². The van der Waals surface area contributed by atoms with Crippen LogP contribution < -0.4 is 10.2 Å². The molecule has 2 unspecified atom stereocenters. The fraction of sp³-hybridized carbons (Fsp3) is 0.462. The van der Waals surface area contributed by atoms with Crippen LogP contribution in [0.2, 0.25) is 0 Å². The van der Waals surface area contributed by atoms with Crippen LogP contribution in [0.3, 0.4) is 0 Å². The van der Waals surface area contributed by atoms with Crippen molar-refractivity contribution >= 4 is 11.6 Å². The Balaban J connectivity index is 1.48. The van der Waals surface area contributed by atoms with Crippen molar-refractivity contribution in [3.63, 3.8) is 0 Å². The fourth-order valence-corrected chi connectivity index (χ4v) is 5.16. The molecule has 3 aliphatic rings. The molecule has 8 heteroatoms. The molecule has 0 aliphatic carbocycles. The van der Waals surface area contributed by atoms with Gasteiger partial charge in [0.25, 0.3) is 0 Å². The summed E-state index contributed by atoms with van der Waals surface area (Å²) in [5, 5.41) is 18.7. The lowest BCUT2D eigenvalue weighted by Gasteiger charge is -2.39. The lowest BCUT2D eigenvalue weighted by molar-refractivity contribution is -0.128. The first kappa shape index (κ1) is 22.7. The summed E-state index contributed by atoms with van der Waals surface area (Å²) >= 11 is 0. The number of ether oxygens (including phenoxy) is 1. The lowest BCUT2D eigenvalue weighted by Crippen LogP contribution is -2.44. The van der Waals surface area contributed by atoms with Crippen molar-refractivity contribution in [1.29, 1.82) is 0 Å². The SMILES string of the molecule is C=C(C1=C(NC2CCOC2)CCN(C(C)=O)C1)N1CC(O)Cc2cc(-c3cnn(C)c3)ccc21. The number of amides is 1. The molecule has 8 nitrogen and oxygen atoms in total. The zero-order valence-electron chi connectivity index (χ0n) is 20.0. The molecule has 0 spiro atoms. The Morgan fingerprint density at radius 2 is 2.18 bits per heavy atom. The molecule has 0 radical (unpaired) electrons. The Bertz CT molecular complexity index is 1130. The van der Waals surface area contributed by atoms with Gasteiger partial charge in [-0.05, 0) is 29.7 Å². The largest absolute Gasteiger partial charge is 0.391 e. The quantitative estimate of drug-likeness (QED) is 0.708. The van der Waals surface area contributed by atoms with Crippen LogP contribution in [0.1, 0.15) is 25.3 Å². The minimum absolute atomic E-state index is 0.0636. The molecule has 3 aliphatic heterocycles. The monoisotopic (exact) mass is 463 g/mol. The number of nitrogens with zero attached hydrogens (tertiary/aromatic N) is 4. The Morgan fingerprint density at radius 1 is 1.32 bits per heavy atom. The average Bonchev–Trinajstić information content (AvgIpc) is 3.49. The standard InChI is InChI=1S/C26H33N5O3/c1-17(24-15-30(18(2)32)8-6-25(24)28-22-7-9-34-16-22)31-14-23(33)11-20-10-19(4-5-26(20)31)21-12-27-29(3)13-21/h4-5,10,12-13,22-23,28,33H,1,6-9,11,14-16H2,2-3H3. The number of anilines is 1. The molecule has 0 bridgehead atoms. The van der Waals surface area contributed by atoms with Crippen LogP contribution in [-0.4, -0.2) is 70.7 Å². The van der Waals surface area contributed by atoms with Crippen LogP contribution >= 0.6 is 0 Å². The van der Waals surface area contributed by atoms with Gasteiger partial charge in [-0.1, -0.05) is 12.6 Å². The van der Waals surface area contributed by atoms with E-state index in [0.717, 1.165) is 58.8 Å². The van der Waals surface area contributed by atoms with E-state index in [1.54, 1.807) is 11.6 Å². The number of rotatable bonds is 5. The van der Waals surface area contributed by atoms with Gasteiger partial charge < -0.3 is 25.0 Å². The molecule has 2 N–H and O–H groups in total. The Kier molecular flexibility index (Phi) is 6.18. The third-order valence-electron chi connectivity index (χ3n) is 7.03. The minimum atomic E-state index is -0.499. The van der Waals surface area contributed by atoms with Crippen molar-refractivity contribution in [2.45, 2.75) is 38.3 Å². The second kappa shape index (κ2) is 9.27. The van der Waals surface area contributed by atoms with Crippen molar-refractivity contribution in [2.75, 3.05) is 37.7 Å². The van der Waals surface area contributed by atoms with Crippen LogP contribution in [0.5, 0.6) is 0 Å². The second-order valence-electron chi connectivity index (χ2n) is 9.51. The van der Waals surface area contributed by atoms with E-state index < -0.39 is 6.10 Å². The number of nitrogens with one attached hydrogen (secondary N) is 1. The number of aromatic nitrogens is 2. The molecular weight excluding hydrogens is 430 g/mol. The van der Waals surface area contributed by atoms with Gasteiger partial charge in [-0.25, -0.2) is 0 Å². The van der Waals surface area contributed by atoms with E-state index in [4.69, 9.17) is 4.74 Å². The highest BCUT2D eigenvalue weighted by Gasteiger charge is 2.31. The van der Waals surface area contributed by atoms with Crippen molar-refractivity contribution in [2.24, 2.45) is 7.05 Å². The van der Waals surface area contributed by atoms with Crippen molar-refractivity contribution in [3.8, 4) is 11.1 Å². The topological polar surface area (TPSA) is 82.9 Å². The third-order valence-corrected chi connectivity index (χ3v) is 7.03. The number of β-amino-alcohol motifs (C(OH)–C–C–N with tert-alkyl or cyclic N) is 1. The fourth-order valence-electron chi connectivity index (χ4n) is 5.16. The number of benzene rings is 1. The van der Waals surface area contributed by atoms with Gasteiger partial charge in [0, 0.05) is 87.5 Å². The molecule has 1 amide bonds. The molecule has 2 aromatic rings. The first-order valence-electron chi connectivity index (χ1n) is 12.0. The number of aryl methyl sites for hydroxylation is 1. The number of carbonyl (C=O) groups is 1. The highest BCUT2D eigenvalue weighted by atomic mass is 16.5. The number of hydrogen-bond donors (Lipinski definition) is 2. The normalized spacial score (nSPS) is 22.7. The Labute approximate surface area is 200 Å². The first-order valence-corrected chi connectivity index (χ1v) is 12.0. The maximum absolute atomic E-state index is 12.2. The smallest absolute Gasteiger partial charge is 0.219 e. The molecule has 1 aromatic carbocycles.